The predicted octanol–water partition coefficient (Wildman–Crippen LogP) is 4.77. The van der Waals surface area contributed by atoms with Gasteiger partial charge in [-0.1, -0.05) is 26.7 Å². The van der Waals surface area contributed by atoms with Gasteiger partial charge < -0.3 is 14.8 Å². The van der Waals surface area contributed by atoms with Gasteiger partial charge in [0.2, 0.25) is 0 Å². The van der Waals surface area contributed by atoms with E-state index in [0.29, 0.717) is 25.2 Å². The highest BCUT2D eigenvalue weighted by atomic mass is 16.5. The Morgan fingerprint density at radius 1 is 1.30 bits per heavy atom. The highest BCUT2D eigenvalue weighted by Crippen LogP contribution is 2.28. The van der Waals surface area contributed by atoms with Crippen molar-refractivity contribution in [1.82, 2.24) is 20.1 Å². The Morgan fingerprint density at radius 3 is 2.77 bits per heavy atom. The van der Waals surface area contributed by atoms with E-state index in [1.807, 2.05) is 26.1 Å². The minimum absolute atomic E-state index is 0.296. The number of rotatable bonds is 8. The summed E-state index contributed by atoms with van der Waals surface area (Å²) in [6.07, 6.45) is 8.66. The van der Waals surface area contributed by atoms with Crippen molar-refractivity contribution in [3.63, 3.8) is 0 Å². The SMILES string of the molecule is CC[C@H](C)COC(=O)NCc1c(-c2ccc(OC3CCCCC3)c(C)n2)cnn1C. The fourth-order valence-corrected chi connectivity index (χ4v) is 3.61. The minimum Gasteiger partial charge on any atom is -0.489 e. The van der Waals surface area contributed by atoms with Crippen LogP contribution in [0.1, 0.15) is 63.8 Å². The van der Waals surface area contributed by atoms with Crippen molar-refractivity contribution in [1.29, 1.82) is 0 Å². The second kappa shape index (κ2) is 10.5. The van der Waals surface area contributed by atoms with Gasteiger partial charge in [0, 0.05) is 12.6 Å². The molecule has 30 heavy (non-hydrogen) atoms. The topological polar surface area (TPSA) is 78.3 Å². The lowest BCUT2D eigenvalue weighted by molar-refractivity contribution is 0.128. The first kappa shape index (κ1) is 22.1. The fourth-order valence-electron chi connectivity index (χ4n) is 3.61. The van der Waals surface area contributed by atoms with Gasteiger partial charge in [0.05, 0.1) is 42.5 Å². The van der Waals surface area contributed by atoms with E-state index in [1.165, 1.54) is 19.3 Å². The molecule has 0 saturated heterocycles. The van der Waals surface area contributed by atoms with Gasteiger partial charge in [-0.2, -0.15) is 5.10 Å². The maximum atomic E-state index is 12.0. The summed E-state index contributed by atoms with van der Waals surface area (Å²) in [5.74, 6) is 1.20. The number of carbonyl (C=O) groups is 1. The van der Waals surface area contributed by atoms with Crippen LogP contribution in [0, 0.1) is 12.8 Å². The first-order valence-corrected chi connectivity index (χ1v) is 11.0. The van der Waals surface area contributed by atoms with Crippen molar-refractivity contribution in [3.8, 4) is 17.0 Å². The Kier molecular flexibility index (Phi) is 7.71. The molecule has 0 unspecified atom stereocenters. The molecule has 3 rings (SSSR count). The number of aromatic nitrogens is 3. The molecule has 1 fully saturated rings. The molecule has 1 aliphatic carbocycles. The Hall–Kier alpha value is -2.57. The van der Waals surface area contributed by atoms with Crippen molar-refractivity contribution in [2.24, 2.45) is 13.0 Å². The molecule has 0 spiro atoms. The zero-order valence-corrected chi connectivity index (χ0v) is 18.6. The number of hydrogen-bond donors (Lipinski definition) is 1. The molecule has 1 amide bonds. The fraction of sp³-hybridized carbons (Fsp3) is 0.609. The van der Waals surface area contributed by atoms with Gasteiger partial charge in [-0.15, -0.1) is 0 Å². The molecule has 7 heteroatoms. The third-order valence-corrected chi connectivity index (χ3v) is 5.82. The number of ether oxygens (including phenoxy) is 2. The average molecular weight is 415 g/mol. The van der Waals surface area contributed by atoms with Crippen LogP contribution in [-0.4, -0.2) is 33.6 Å². The Labute approximate surface area is 179 Å². The van der Waals surface area contributed by atoms with E-state index in [1.54, 1.807) is 10.9 Å². The molecule has 7 nitrogen and oxygen atoms in total. The average Bonchev–Trinajstić information content (AvgIpc) is 3.13. The second-order valence-corrected chi connectivity index (χ2v) is 8.25. The van der Waals surface area contributed by atoms with Crippen LogP contribution in [0.2, 0.25) is 0 Å². The molecule has 0 radical (unpaired) electrons. The van der Waals surface area contributed by atoms with Crippen molar-refractivity contribution in [2.75, 3.05) is 6.61 Å². The number of aryl methyl sites for hydroxylation is 2. The normalized spacial score (nSPS) is 15.6. The zero-order chi connectivity index (χ0) is 21.5. The van der Waals surface area contributed by atoms with E-state index in [0.717, 1.165) is 47.7 Å². The summed E-state index contributed by atoms with van der Waals surface area (Å²) in [6.45, 7) is 6.86. The number of nitrogens with zero attached hydrogens (tertiary/aromatic N) is 3. The van der Waals surface area contributed by atoms with Crippen molar-refractivity contribution >= 4 is 6.09 Å². The number of nitrogens with one attached hydrogen (secondary N) is 1. The number of alkyl carbamates (subject to hydrolysis) is 1. The van der Waals surface area contributed by atoms with Crippen LogP contribution in [-0.2, 0) is 18.3 Å². The van der Waals surface area contributed by atoms with Gasteiger partial charge in [-0.3, -0.25) is 4.68 Å². The van der Waals surface area contributed by atoms with Crippen molar-refractivity contribution in [2.45, 2.75) is 71.9 Å². The van der Waals surface area contributed by atoms with E-state index in [4.69, 9.17) is 14.5 Å². The van der Waals surface area contributed by atoms with Crippen LogP contribution >= 0.6 is 0 Å². The number of amides is 1. The van der Waals surface area contributed by atoms with Crippen LogP contribution < -0.4 is 10.1 Å². The van der Waals surface area contributed by atoms with E-state index < -0.39 is 6.09 Å². The van der Waals surface area contributed by atoms with Crippen molar-refractivity contribution in [3.05, 3.63) is 29.7 Å². The quantitative estimate of drug-likeness (QED) is 0.673. The summed E-state index contributed by atoms with van der Waals surface area (Å²) in [7, 11) is 1.86. The van der Waals surface area contributed by atoms with Crippen LogP contribution in [0.5, 0.6) is 5.75 Å². The van der Waals surface area contributed by atoms with Crippen LogP contribution in [0.3, 0.4) is 0 Å². The van der Waals surface area contributed by atoms with Gasteiger partial charge in [-0.25, -0.2) is 9.78 Å². The van der Waals surface area contributed by atoms with Gasteiger partial charge in [0.1, 0.15) is 5.75 Å². The van der Waals surface area contributed by atoms with Crippen LogP contribution in [0.15, 0.2) is 18.3 Å². The molecule has 1 N–H and O–H groups in total. The first-order chi connectivity index (χ1) is 14.5. The van der Waals surface area contributed by atoms with Crippen molar-refractivity contribution < 1.29 is 14.3 Å². The van der Waals surface area contributed by atoms with Gasteiger partial charge in [0.25, 0.3) is 0 Å². The van der Waals surface area contributed by atoms with Crippen LogP contribution in [0.4, 0.5) is 4.79 Å². The molecule has 1 aliphatic rings. The monoisotopic (exact) mass is 414 g/mol. The summed E-state index contributed by atoms with van der Waals surface area (Å²) < 4.78 is 13.2. The molecule has 0 aromatic carbocycles. The zero-order valence-electron chi connectivity index (χ0n) is 18.6. The molecule has 2 aromatic rings. The summed E-state index contributed by atoms with van der Waals surface area (Å²) in [5.41, 5.74) is 3.46. The number of hydrogen-bond acceptors (Lipinski definition) is 5. The third-order valence-electron chi connectivity index (χ3n) is 5.82. The lowest BCUT2D eigenvalue weighted by atomic mass is 9.98. The Morgan fingerprint density at radius 2 is 2.07 bits per heavy atom. The Balaban J connectivity index is 1.66. The number of pyridine rings is 1. The summed E-state index contributed by atoms with van der Waals surface area (Å²) in [4.78, 5) is 16.8. The molecule has 2 aromatic heterocycles. The summed E-state index contributed by atoms with van der Waals surface area (Å²) >= 11 is 0. The highest BCUT2D eigenvalue weighted by Gasteiger charge is 2.18. The van der Waals surface area contributed by atoms with Gasteiger partial charge in [-0.05, 0) is 50.7 Å². The molecule has 164 valence electrons. The molecule has 1 atom stereocenters. The highest BCUT2D eigenvalue weighted by molar-refractivity contribution is 5.68. The maximum Gasteiger partial charge on any atom is 0.407 e. The van der Waals surface area contributed by atoms with E-state index in [9.17, 15) is 4.79 Å². The van der Waals surface area contributed by atoms with E-state index in [2.05, 4.69) is 24.3 Å². The Bertz CT molecular complexity index is 843. The van der Waals surface area contributed by atoms with E-state index in [-0.39, 0.29) is 0 Å². The third kappa shape index (κ3) is 5.74. The molecular formula is C23H34N4O3. The summed E-state index contributed by atoms with van der Waals surface area (Å²) in [5, 5.41) is 7.18. The lowest BCUT2D eigenvalue weighted by Crippen LogP contribution is -2.26. The van der Waals surface area contributed by atoms with Gasteiger partial charge in [0.15, 0.2) is 0 Å². The molecule has 0 aliphatic heterocycles. The minimum atomic E-state index is -0.414. The van der Waals surface area contributed by atoms with Gasteiger partial charge >= 0.3 is 6.09 Å². The maximum absolute atomic E-state index is 12.0. The van der Waals surface area contributed by atoms with Crippen LogP contribution in [0.25, 0.3) is 11.3 Å². The predicted molar refractivity (Wildman–Crippen MR) is 116 cm³/mol. The molecular weight excluding hydrogens is 380 g/mol. The molecule has 2 heterocycles. The van der Waals surface area contributed by atoms with E-state index >= 15 is 0 Å². The lowest BCUT2D eigenvalue weighted by Gasteiger charge is -2.23. The largest absolute Gasteiger partial charge is 0.489 e. The smallest absolute Gasteiger partial charge is 0.407 e. The standard InChI is InChI=1S/C23H34N4O3/c1-5-16(2)15-29-23(28)24-14-21-19(13-25-27(21)4)20-11-12-22(17(3)26-20)30-18-9-7-6-8-10-18/h11-13,16,18H,5-10,14-15H2,1-4H3,(H,24,28)/t16-/m0/s1. The number of carbonyl (C=O) groups excluding carboxylic acids is 1. The summed E-state index contributed by atoms with van der Waals surface area (Å²) in [6, 6.07) is 3.96. The molecule has 1 saturated carbocycles. The second-order valence-electron chi connectivity index (χ2n) is 8.25. The molecule has 0 bridgehead atoms. The first-order valence-electron chi connectivity index (χ1n) is 11.0.